The lowest BCUT2D eigenvalue weighted by Crippen LogP contribution is -2.21. The average Bonchev–Trinajstić information content (AvgIpc) is 3.36. The van der Waals surface area contributed by atoms with E-state index in [1.165, 1.54) is 17.4 Å². The van der Waals surface area contributed by atoms with Gasteiger partial charge in [-0.15, -0.1) is 10.2 Å². The molecule has 1 amide bonds. The van der Waals surface area contributed by atoms with E-state index >= 15 is 0 Å². The van der Waals surface area contributed by atoms with Gasteiger partial charge in [0.05, 0.1) is 18.5 Å². The Morgan fingerprint density at radius 1 is 0.946 bits per heavy atom. The Balaban J connectivity index is 1.36. The van der Waals surface area contributed by atoms with Crippen LogP contribution in [0.15, 0.2) is 95.2 Å². The summed E-state index contributed by atoms with van der Waals surface area (Å²) in [5, 5.41) is 16.9. The number of amides is 1. The molecule has 37 heavy (non-hydrogen) atoms. The van der Waals surface area contributed by atoms with Gasteiger partial charge in [-0.2, -0.15) is 5.10 Å². The predicted molar refractivity (Wildman–Crippen MR) is 152 cm³/mol. The summed E-state index contributed by atoms with van der Waals surface area (Å²) in [6.45, 7) is 6.69. The maximum atomic E-state index is 12.5. The molecule has 1 heterocycles. The van der Waals surface area contributed by atoms with Crippen LogP contribution in [0, 0.1) is 0 Å². The first kappa shape index (κ1) is 26.0. The number of carbonyl (C=O) groups is 1. The maximum Gasteiger partial charge on any atom is 0.250 e. The van der Waals surface area contributed by atoms with Gasteiger partial charge in [0.15, 0.2) is 11.0 Å². The first-order chi connectivity index (χ1) is 18.2. The lowest BCUT2D eigenvalue weighted by atomic mass is 10.2. The summed E-state index contributed by atoms with van der Waals surface area (Å²) in [6.07, 6.45) is 1.65. The van der Waals surface area contributed by atoms with Crippen molar-refractivity contribution in [2.45, 2.75) is 25.5 Å². The molecule has 0 bridgehead atoms. The Labute approximate surface area is 221 Å². The zero-order valence-electron chi connectivity index (χ0n) is 21.0. The molecule has 2 N–H and O–H groups in total. The van der Waals surface area contributed by atoms with E-state index in [1.807, 2.05) is 77.4 Å². The van der Waals surface area contributed by atoms with Gasteiger partial charge < -0.3 is 10.2 Å². The third-order valence-electron chi connectivity index (χ3n) is 5.70. The van der Waals surface area contributed by atoms with Crippen molar-refractivity contribution >= 4 is 35.3 Å². The van der Waals surface area contributed by atoms with Gasteiger partial charge >= 0.3 is 0 Å². The molecule has 0 saturated heterocycles. The Morgan fingerprint density at radius 2 is 1.62 bits per heavy atom. The van der Waals surface area contributed by atoms with Gasteiger partial charge in [0.25, 0.3) is 5.91 Å². The molecular formula is C28H31N7OS. The van der Waals surface area contributed by atoms with Gasteiger partial charge in [-0.1, -0.05) is 60.3 Å². The second-order valence-corrected chi connectivity index (χ2v) is 9.08. The molecule has 0 atom stereocenters. The average molecular weight is 514 g/mol. The largest absolute Gasteiger partial charge is 0.378 e. The number of carbonyl (C=O) groups excluding carboxylic acids is 1. The number of hydrogen-bond acceptors (Lipinski definition) is 7. The van der Waals surface area contributed by atoms with E-state index in [-0.39, 0.29) is 11.7 Å². The van der Waals surface area contributed by atoms with Crippen molar-refractivity contribution < 1.29 is 4.79 Å². The van der Waals surface area contributed by atoms with Crippen LogP contribution in [0.2, 0.25) is 0 Å². The van der Waals surface area contributed by atoms with Crippen LogP contribution >= 0.6 is 11.8 Å². The zero-order chi connectivity index (χ0) is 25.9. The van der Waals surface area contributed by atoms with Crippen LogP contribution in [-0.2, 0) is 11.3 Å². The minimum Gasteiger partial charge on any atom is -0.378 e. The molecule has 190 valence electrons. The molecule has 0 spiro atoms. The number of aromatic nitrogens is 3. The molecule has 0 saturated carbocycles. The van der Waals surface area contributed by atoms with Crippen LogP contribution < -0.4 is 15.6 Å². The van der Waals surface area contributed by atoms with E-state index in [0.717, 1.165) is 35.9 Å². The second kappa shape index (κ2) is 13.3. The Kier molecular flexibility index (Phi) is 9.31. The van der Waals surface area contributed by atoms with Gasteiger partial charge in [0.1, 0.15) is 0 Å². The van der Waals surface area contributed by atoms with E-state index in [4.69, 9.17) is 0 Å². The first-order valence-electron chi connectivity index (χ1n) is 12.3. The van der Waals surface area contributed by atoms with E-state index in [2.05, 4.69) is 56.9 Å². The summed E-state index contributed by atoms with van der Waals surface area (Å²) in [6, 6.07) is 27.9. The third-order valence-corrected chi connectivity index (χ3v) is 6.63. The molecule has 9 heteroatoms. The topological polar surface area (TPSA) is 87.4 Å². The van der Waals surface area contributed by atoms with Crippen LogP contribution in [-0.4, -0.2) is 45.7 Å². The highest BCUT2D eigenvalue weighted by molar-refractivity contribution is 7.99. The highest BCUT2D eigenvalue weighted by Gasteiger charge is 2.15. The minimum atomic E-state index is -0.215. The van der Waals surface area contributed by atoms with Crippen molar-refractivity contribution in [2.24, 2.45) is 5.10 Å². The summed E-state index contributed by atoms with van der Waals surface area (Å²) < 4.78 is 1.97. The highest BCUT2D eigenvalue weighted by Crippen LogP contribution is 2.22. The summed E-state index contributed by atoms with van der Waals surface area (Å²) in [5.74, 6) is 0.701. The van der Waals surface area contributed by atoms with E-state index < -0.39 is 0 Å². The molecular weight excluding hydrogens is 482 g/mol. The number of nitrogens with zero attached hydrogens (tertiary/aromatic N) is 5. The fourth-order valence-electron chi connectivity index (χ4n) is 3.78. The number of hydrazone groups is 1. The fraction of sp³-hybridized carbons (Fsp3) is 0.214. The van der Waals surface area contributed by atoms with Crippen molar-refractivity contribution in [3.63, 3.8) is 0 Å². The van der Waals surface area contributed by atoms with Crippen LogP contribution in [0.1, 0.15) is 25.2 Å². The lowest BCUT2D eigenvalue weighted by molar-refractivity contribution is -0.118. The maximum absolute atomic E-state index is 12.5. The van der Waals surface area contributed by atoms with E-state index in [0.29, 0.717) is 11.7 Å². The normalized spacial score (nSPS) is 11.0. The van der Waals surface area contributed by atoms with Crippen molar-refractivity contribution in [3.05, 3.63) is 96.3 Å². The molecule has 0 radical (unpaired) electrons. The number of thioether (sulfide) groups is 1. The standard InChI is InChI=1S/C28H31N7OS/c1-3-34(4-2)24-17-15-22(16-18-24)19-30-32-27(36)21-37-28-33-31-26(20-29-23-11-7-5-8-12-23)35(28)25-13-9-6-10-14-25/h5-19,29H,3-4,20-21H2,1-2H3,(H,32,36). The number of rotatable bonds is 12. The molecule has 0 aliphatic carbocycles. The number of nitrogens with one attached hydrogen (secondary N) is 2. The highest BCUT2D eigenvalue weighted by atomic mass is 32.2. The van der Waals surface area contributed by atoms with E-state index in [1.54, 1.807) is 6.21 Å². The molecule has 8 nitrogen and oxygen atoms in total. The van der Waals surface area contributed by atoms with Gasteiger partial charge in [-0.3, -0.25) is 9.36 Å². The van der Waals surface area contributed by atoms with Crippen molar-refractivity contribution in [1.82, 2.24) is 20.2 Å². The summed E-state index contributed by atoms with van der Waals surface area (Å²) in [5.41, 5.74) is 6.63. The van der Waals surface area contributed by atoms with Crippen LogP contribution in [0.4, 0.5) is 11.4 Å². The molecule has 0 aliphatic rings. The van der Waals surface area contributed by atoms with Gasteiger partial charge in [0.2, 0.25) is 0 Å². The third kappa shape index (κ3) is 7.20. The Morgan fingerprint density at radius 3 is 2.30 bits per heavy atom. The van der Waals surface area contributed by atoms with Gasteiger partial charge in [-0.05, 0) is 55.8 Å². The second-order valence-electron chi connectivity index (χ2n) is 8.14. The molecule has 0 aliphatic heterocycles. The SMILES string of the molecule is CCN(CC)c1ccc(C=NNC(=O)CSc2nnc(CNc3ccccc3)n2-c2ccccc2)cc1. The monoisotopic (exact) mass is 513 g/mol. The number of benzene rings is 3. The molecule has 0 unspecified atom stereocenters. The first-order valence-corrected chi connectivity index (χ1v) is 13.2. The number of hydrogen-bond donors (Lipinski definition) is 2. The smallest absolute Gasteiger partial charge is 0.250 e. The quantitative estimate of drug-likeness (QED) is 0.158. The van der Waals surface area contributed by atoms with E-state index in [9.17, 15) is 4.79 Å². The molecule has 1 aromatic heterocycles. The summed E-state index contributed by atoms with van der Waals surface area (Å²) >= 11 is 1.32. The summed E-state index contributed by atoms with van der Waals surface area (Å²) in [4.78, 5) is 14.7. The van der Waals surface area contributed by atoms with Crippen molar-refractivity contribution in [3.8, 4) is 5.69 Å². The molecule has 0 fully saturated rings. The predicted octanol–water partition coefficient (Wildman–Crippen LogP) is 4.97. The van der Waals surface area contributed by atoms with Crippen LogP contribution in [0.25, 0.3) is 5.69 Å². The zero-order valence-corrected chi connectivity index (χ0v) is 21.9. The molecule has 4 rings (SSSR count). The molecule has 4 aromatic rings. The fourth-order valence-corrected chi connectivity index (χ4v) is 4.55. The minimum absolute atomic E-state index is 0.162. The Hall–Kier alpha value is -4.11. The van der Waals surface area contributed by atoms with Crippen molar-refractivity contribution in [1.29, 1.82) is 0 Å². The Bertz CT molecular complexity index is 1290. The van der Waals surface area contributed by atoms with Gasteiger partial charge in [0, 0.05) is 30.2 Å². The van der Waals surface area contributed by atoms with Crippen LogP contribution in [0.3, 0.4) is 0 Å². The lowest BCUT2D eigenvalue weighted by Gasteiger charge is -2.20. The molecule has 3 aromatic carbocycles. The summed E-state index contributed by atoms with van der Waals surface area (Å²) in [7, 11) is 0. The number of anilines is 2. The van der Waals surface area contributed by atoms with Crippen molar-refractivity contribution in [2.75, 3.05) is 29.1 Å². The van der Waals surface area contributed by atoms with Crippen LogP contribution in [0.5, 0.6) is 0 Å². The number of para-hydroxylation sites is 2. The van der Waals surface area contributed by atoms with Gasteiger partial charge in [-0.25, -0.2) is 5.43 Å².